The standard InChI is InChI=1S/C17H14N2OS/c20-17-15(11-13-7-3-1-4-8-13)16(18-19-17)12-21-14-9-5-2-6-10-14/h1-11H,12H2,(H,19,20)/b15-11-. The second kappa shape index (κ2) is 6.41. The lowest BCUT2D eigenvalue weighted by atomic mass is 10.1. The van der Waals surface area contributed by atoms with Gasteiger partial charge in [0, 0.05) is 10.6 Å². The molecule has 1 N–H and O–H groups in total. The van der Waals surface area contributed by atoms with Crippen LogP contribution in [0.4, 0.5) is 0 Å². The number of nitrogens with one attached hydrogen (secondary N) is 1. The van der Waals surface area contributed by atoms with E-state index in [-0.39, 0.29) is 5.91 Å². The van der Waals surface area contributed by atoms with Crippen molar-refractivity contribution in [2.24, 2.45) is 5.10 Å². The Balaban J connectivity index is 1.75. The minimum atomic E-state index is -0.137. The third-order valence-corrected chi connectivity index (χ3v) is 4.10. The molecule has 0 spiro atoms. The topological polar surface area (TPSA) is 41.5 Å². The summed E-state index contributed by atoms with van der Waals surface area (Å²) in [6, 6.07) is 19.9. The van der Waals surface area contributed by atoms with Crippen molar-refractivity contribution in [3.8, 4) is 0 Å². The monoisotopic (exact) mass is 294 g/mol. The van der Waals surface area contributed by atoms with E-state index in [0.717, 1.165) is 11.3 Å². The number of carbonyl (C=O) groups excluding carboxylic acids is 1. The molecule has 1 heterocycles. The smallest absolute Gasteiger partial charge is 0.267 e. The van der Waals surface area contributed by atoms with Gasteiger partial charge in [-0.25, -0.2) is 5.43 Å². The molecule has 3 rings (SSSR count). The predicted molar refractivity (Wildman–Crippen MR) is 87.2 cm³/mol. The van der Waals surface area contributed by atoms with Gasteiger partial charge in [-0.3, -0.25) is 4.79 Å². The Bertz CT molecular complexity index is 693. The molecule has 1 amide bonds. The lowest BCUT2D eigenvalue weighted by Crippen LogP contribution is -2.13. The van der Waals surface area contributed by atoms with Crippen LogP contribution in [0.5, 0.6) is 0 Å². The molecule has 0 saturated carbocycles. The molecule has 4 heteroatoms. The number of nitrogens with zero attached hydrogens (tertiary/aromatic N) is 1. The number of benzene rings is 2. The molecule has 2 aromatic carbocycles. The van der Waals surface area contributed by atoms with Crippen LogP contribution in [0.15, 0.2) is 76.2 Å². The minimum absolute atomic E-state index is 0.137. The fourth-order valence-electron chi connectivity index (χ4n) is 2.01. The molecule has 1 aliphatic heterocycles. The molecule has 0 aromatic heterocycles. The van der Waals surface area contributed by atoms with Crippen molar-refractivity contribution in [3.63, 3.8) is 0 Å². The Labute approximate surface area is 127 Å². The van der Waals surface area contributed by atoms with E-state index >= 15 is 0 Å². The molecule has 0 unspecified atom stereocenters. The zero-order chi connectivity index (χ0) is 14.5. The molecule has 2 aromatic rings. The van der Waals surface area contributed by atoms with Gasteiger partial charge < -0.3 is 0 Å². The maximum absolute atomic E-state index is 11.9. The number of amides is 1. The van der Waals surface area contributed by atoms with Crippen molar-refractivity contribution in [1.82, 2.24) is 5.43 Å². The third kappa shape index (κ3) is 3.41. The average Bonchev–Trinajstić information content (AvgIpc) is 2.88. The number of carbonyl (C=O) groups is 1. The summed E-state index contributed by atoms with van der Waals surface area (Å²) in [5, 5.41) is 4.14. The van der Waals surface area contributed by atoms with E-state index in [4.69, 9.17) is 0 Å². The highest BCUT2D eigenvalue weighted by Crippen LogP contribution is 2.21. The summed E-state index contributed by atoms with van der Waals surface area (Å²) in [7, 11) is 0. The van der Waals surface area contributed by atoms with Crippen LogP contribution in [0.3, 0.4) is 0 Å². The number of rotatable bonds is 4. The van der Waals surface area contributed by atoms with Crippen LogP contribution in [-0.4, -0.2) is 17.4 Å². The van der Waals surface area contributed by atoms with Gasteiger partial charge in [0.15, 0.2) is 0 Å². The summed E-state index contributed by atoms with van der Waals surface area (Å²) in [4.78, 5) is 13.1. The number of thioether (sulfide) groups is 1. The van der Waals surface area contributed by atoms with E-state index in [1.807, 2.05) is 54.6 Å². The van der Waals surface area contributed by atoms with Gasteiger partial charge in [-0.1, -0.05) is 48.5 Å². The summed E-state index contributed by atoms with van der Waals surface area (Å²) >= 11 is 1.67. The maximum Gasteiger partial charge on any atom is 0.273 e. The van der Waals surface area contributed by atoms with E-state index in [0.29, 0.717) is 11.3 Å². The largest absolute Gasteiger partial charge is 0.273 e. The molecule has 21 heavy (non-hydrogen) atoms. The first-order valence-electron chi connectivity index (χ1n) is 6.65. The fourth-order valence-corrected chi connectivity index (χ4v) is 2.89. The van der Waals surface area contributed by atoms with Crippen LogP contribution in [0.1, 0.15) is 5.56 Å². The zero-order valence-electron chi connectivity index (χ0n) is 11.3. The molecule has 3 nitrogen and oxygen atoms in total. The van der Waals surface area contributed by atoms with Crippen molar-refractivity contribution in [2.45, 2.75) is 4.90 Å². The van der Waals surface area contributed by atoms with Gasteiger partial charge >= 0.3 is 0 Å². The lowest BCUT2D eigenvalue weighted by Gasteiger charge is -2.02. The van der Waals surface area contributed by atoms with Crippen LogP contribution in [-0.2, 0) is 4.79 Å². The summed E-state index contributed by atoms with van der Waals surface area (Å²) in [5.74, 6) is 0.532. The Kier molecular flexibility index (Phi) is 4.17. The first-order valence-corrected chi connectivity index (χ1v) is 7.63. The van der Waals surface area contributed by atoms with Crippen LogP contribution < -0.4 is 5.43 Å². The van der Waals surface area contributed by atoms with E-state index < -0.39 is 0 Å². The molecule has 0 bridgehead atoms. The molecule has 0 atom stereocenters. The van der Waals surface area contributed by atoms with Gasteiger partial charge in [0.05, 0.1) is 11.3 Å². The molecule has 0 radical (unpaired) electrons. The summed E-state index contributed by atoms with van der Waals surface area (Å²) in [5.41, 5.74) is 4.98. The van der Waals surface area contributed by atoms with Gasteiger partial charge in [-0.2, -0.15) is 5.10 Å². The normalized spacial score (nSPS) is 15.9. The Hall–Kier alpha value is -2.33. The Morgan fingerprint density at radius 1 is 1.00 bits per heavy atom. The fraction of sp³-hybridized carbons (Fsp3) is 0.0588. The predicted octanol–water partition coefficient (Wildman–Crippen LogP) is 3.35. The van der Waals surface area contributed by atoms with Gasteiger partial charge in [0.1, 0.15) is 0 Å². The number of hydrogen-bond donors (Lipinski definition) is 1. The van der Waals surface area contributed by atoms with E-state index in [2.05, 4.69) is 22.7 Å². The highest BCUT2D eigenvalue weighted by Gasteiger charge is 2.22. The van der Waals surface area contributed by atoms with Gasteiger partial charge in [-0.05, 0) is 23.8 Å². The number of hydrogen-bond acceptors (Lipinski definition) is 3. The highest BCUT2D eigenvalue weighted by atomic mass is 32.2. The second-order valence-corrected chi connectivity index (χ2v) is 5.62. The van der Waals surface area contributed by atoms with Crippen LogP contribution in [0.25, 0.3) is 6.08 Å². The third-order valence-electron chi connectivity index (χ3n) is 3.08. The molecule has 0 fully saturated rings. The molecule has 0 aliphatic carbocycles. The second-order valence-electron chi connectivity index (χ2n) is 4.57. The summed E-state index contributed by atoms with van der Waals surface area (Å²) in [6.07, 6.45) is 1.88. The average molecular weight is 294 g/mol. The minimum Gasteiger partial charge on any atom is -0.267 e. The SMILES string of the molecule is O=C1NN=C(CSc2ccccc2)/C1=C/c1ccccc1. The molecule has 1 aliphatic rings. The summed E-state index contributed by atoms with van der Waals surface area (Å²) < 4.78 is 0. The first-order chi connectivity index (χ1) is 10.3. The van der Waals surface area contributed by atoms with Crippen LogP contribution in [0.2, 0.25) is 0 Å². The van der Waals surface area contributed by atoms with E-state index in [9.17, 15) is 4.79 Å². The molecular formula is C17H14N2OS. The van der Waals surface area contributed by atoms with Crippen molar-refractivity contribution < 1.29 is 4.79 Å². The van der Waals surface area contributed by atoms with Crippen LogP contribution in [0, 0.1) is 0 Å². The molecule has 0 saturated heterocycles. The highest BCUT2D eigenvalue weighted by molar-refractivity contribution is 8.00. The summed E-state index contributed by atoms with van der Waals surface area (Å²) in [6.45, 7) is 0. The van der Waals surface area contributed by atoms with Crippen molar-refractivity contribution >= 4 is 29.5 Å². The Morgan fingerprint density at radius 3 is 2.38 bits per heavy atom. The maximum atomic E-state index is 11.9. The quantitative estimate of drug-likeness (QED) is 0.694. The van der Waals surface area contributed by atoms with Gasteiger partial charge in [-0.15, -0.1) is 11.8 Å². The van der Waals surface area contributed by atoms with Gasteiger partial charge in [0.2, 0.25) is 0 Å². The van der Waals surface area contributed by atoms with Gasteiger partial charge in [0.25, 0.3) is 5.91 Å². The van der Waals surface area contributed by atoms with Crippen molar-refractivity contribution in [2.75, 3.05) is 5.75 Å². The van der Waals surface area contributed by atoms with E-state index in [1.54, 1.807) is 11.8 Å². The zero-order valence-corrected chi connectivity index (χ0v) is 12.1. The number of hydrazone groups is 1. The van der Waals surface area contributed by atoms with Crippen LogP contribution >= 0.6 is 11.8 Å². The van der Waals surface area contributed by atoms with E-state index in [1.165, 1.54) is 4.90 Å². The van der Waals surface area contributed by atoms with Crippen molar-refractivity contribution in [3.05, 3.63) is 71.8 Å². The Morgan fingerprint density at radius 2 is 1.67 bits per heavy atom. The molecule has 104 valence electrons. The first kappa shape index (κ1) is 13.6. The lowest BCUT2D eigenvalue weighted by molar-refractivity contribution is -0.116. The van der Waals surface area contributed by atoms with Crippen molar-refractivity contribution in [1.29, 1.82) is 0 Å². The molecular weight excluding hydrogens is 280 g/mol.